The van der Waals surface area contributed by atoms with Gasteiger partial charge in [-0.3, -0.25) is 0 Å². The van der Waals surface area contributed by atoms with Crippen LogP contribution in [0.1, 0.15) is 41.2 Å². The second kappa shape index (κ2) is 11.7. The van der Waals surface area contributed by atoms with Crippen molar-refractivity contribution in [3.63, 3.8) is 0 Å². The highest BCUT2D eigenvalue weighted by Gasteiger charge is 2.24. The van der Waals surface area contributed by atoms with Crippen LogP contribution in [0.25, 0.3) is 79.2 Å². The van der Waals surface area contributed by atoms with E-state index >= 15 is 0 Å². The van der Waals surface area contributed by atoms with Gasteiger partial charge in [0.2, 0.25) is 0 Å². The minimum atomic E-state index is 0.669. The van der Waals surface area contributed by atoms with Crippen LogP contribution >= 0.6 is 0 Å². The van der Waals surface area contributed by atoms with Gasteiger partial charge in [-0.05, 0) is 78.8 Å². The molecule has 0 N–H and O–H groups in total. The molecule has 50 heavy (non-hydrogen) atoms. The summed E-state index contributed by atoms with van der Waals surface area (Å²) in [5, 5.41) is 2.48. The van der Waals surface area contributed by atoms with E-state index in [9.17, 15) is 0 Å². The first kappa shape index (κ1) is 28.7. The molecule has 3 aromatic heterocycles. The fourth-order valence-electron chi connectivity index (χ4n) is 7.61. The molecule has 238 valence electrons. The predicted molar refractivity (Wildman–Crippen MR) is 203 cm³/mol. The number of fused-ring (bicyclic) bond motifs is 6. The molecule has 5 heteroatoms. The molecular formula is C45H32N4O. The van der Waals surface area contributed by atoms with Gasteiger partial charge < -0.3 is 8.98 Å². The smallest absolute Gasteiger partial charge is 0.164 e. The van der Waals surface area contributed by atoms with Crippen LogP contribution in [-0.4, -0.2) is 19.5 Å². The average Bonchev–Trinajstić information content (AvgIpc) is 3.73. The van der Waals surface area contributed by atoms with E-state index in [1.54, 1.807) is 0 Å². The summed E-state index contributed by atoms with van der Waals surface area (Å²) in [6.45, 7) is 0. The molecule has 10 rings (SSSR count). The van der Waals surface area contributed by atoms with E-state index in [1.165, 1.54) is 38.9 Å². The Morgan fingerprint density at radius 2 is 1.22 bits per heavy atom. The molecule has 0 amide bonds. The fraction of sp³-hybridized carbons (Fsp3) is 0.0889. The molecule has 0 spiro atoms. The second-order valence-electron chi connectivity index (χ2n) is 13.1. The SMILES string of the molecule is C1=Cc2c(c3cc(-c4ccccc4)ccc3n2-c2ccc3c4c(oc3c2)C=C(c2nc(-c3ccccc3)nc(-c3ccccc3)n2)CC4)CC1. The van der Waals surface area contributed by atoms with Crippen molar-refractivity contribution in [1.82, 2.24) is 19.5 Å². The lowest BCUT2D eigenvalue weighted by Crippen LogP contribution is -2.05. The first-order chi connectivity index (χ1) is 24.8. The van der Waals surface area contributed by atoms with Crippen LogP contribution in [0, 0.1) is 0 Å². The summed E-state index contributed by atoms with van der Waals surface area (Å²) in [5.74, 6) is 2.91. The molecule has 2 aliphatic rings. The Bertz CT molecular complexity index is 2570. The van der Waals surface area contributed by atoms with Crippen LogP contribution in [0.4, 0.5) is 0 Å². The van der Waals surface area contributed by atoms with Gasteiger partial charge in [-0.1, -0.05) is 103 Å². The van der Waals surface area contributed by atoms with E-state index in [1.807, 2.05) is 60.7 Å². The molecule has 0 fully saturated rings. The first-order valence-electron chi connectivity index (χ1n) is 17.3. The van der Waals surface area contributed by atoms with Gasteiger partial charge in [-0.15, -0.1) is 0 Å². The normalized spacial score (nSPS) is 13.7. The summed E-state index contributed by atoms with van der Waals surface area (Å²) < 4.78 is 9.07. The number of nitrogens with zero attached hydrogens (tertiary/aromatic N) is 4. The Hall–Kier alpha value is -6.33. The number of furan rings is 1. The molecule has 3 heterocycles. The Kier molecular flexibility index (Phi) is 6.69. The molecule has 0 bridgehead atoms. The fourth-order valence-corrected chi connectivity index (χ4v) is 7.61. The van der Waals surface area contributed by atoms with Gasteiger partial charge in [0.1, 0.15) is 11.3 Å². The predicted octanol–water partition coefficient (Wildman–Crippen LogP) is 11.0. The van der Waals surface area contributed by atoms with Crippen LogP contribution in [-0.2, 0) is 12.8 Å². The van der Waals surface area contributed by atoms with Crippen LogP contribution in [0.2, 0.25) is 0 Å². The van der Waals surface area contributed by atoms with Crippen molar-refractivity contribution in [3.05, 3.63) is 162 Å². The molecule has 0 saturated heterocycles. The van der Waals surface area contributed by atoms with Crippen molar-refractivity contribution in [1.29, 1.82) is 0 Å². The second-order valence-corrected chi connectivity index (χ2v) is 13.1. The number of benzene rings is 5. The van der Waals surface area contributed by atoms with Crippen molar-refractivity contribution in [3.8, 4) is 39.6 Å². The minimum Gasteiger partial charge on any atom is -0.456 e. The number of aryl methyl sites for hydroxylation is 2. The number of hydrogen-bond acceptors (Lipinski definition) is 4. The number of rotatable bonds is 5. The molecule has 5 nitrogen and oxygen atoms in total. The number of hydrogen-bond donors (Lipinski definition) is 0. The number of aromatic nitrogens is 4. The van der Waals surface area contributed by atoms with E-state index in [4.69, 9.17) is 19.4 Å². The van der Waals surface area contributed by atoms with Crippen molar-refractivity contribution in [2.75, 3.05) is 0 Å². The zero-order chi connectivity index (χ0) is 33.0. The largest absolute Gasteiger partial charge is 0.456 e. The molecule has 0 unspecified atom stereocenters. The number of allylic oxidation sites excluding steroid dienone is 2. The van der Waals surface area contributed by atoms with Gasteiger partial charge in [0.15, 0.2) is 17.5 Å². The van der Waals surface area contributed by atoms with Crippen molar-refractivity contribution in [2.45, 2.75) is 25.7 Å². The third kappa shape index (κ3) is 4.81. The third-order valence-electron chi connectivity index (χ3n) is 10.1. The maximum atomic E-state index is 6.66. The summed E-state index contributed by atoms with van der Waals surface area (Å²) in [6.07, 6.45) is 10.5. The van der Waals surface area contributed by atoms with Crippen LogP contribution < -0.4 is 0 Å². The minimum absolute atomic E-state index is 0.669. The zero-order valence-corrected chi connectivity index (χ0v) is 27.4. The van der Waals surface area contributed by atoms with Gasteiger partial charge in [-0.25, -0.2) is 15.0 Å². The summed E-state index contributed by atoms with van der Waals surface area (Å²) in [7, 11) is 0. The molecule has 0 saturated carbocycles. The Labute approximate surface area is 289 Å². The summed E-state index contributed by atoms with van der Waals surface area (Å²) in [5.41, 5.74) is 12.6. The first-order valence-corrected chi connectivity index (χ1v) is 17.3. The highest BCUT2D eigenvalue weighted by atomic mass is 16.3. The van der Waals surface area contributed by atoms with Crippen LogP contribution in [0.3, 0.4) is 0 Å². The monoisotopic (exact) mass is 644 g/mol. The van der Waals surface area contributed by atoms with Gasteiger partial charge in [-0.2, -0.15) is 0 Å². The van der Waals surface area contributed by atoms with Crippen LogP contribution in [0.5, 0.6) is 0 Å². The summed E-state index contributed by atoms with van der Waals surface area (Å²) >= 11 is 0. The zero-order valence-electron chi connectivity index (χ0n) is 27.4. The van der Waals surface area contributed by atoms with Gasteiger partial charge in [0.05, 0.1) is 5.52 Å². The molecule has 0 radical (unpaired) electrons. The third-order valence-corrected chi connectivity index (χ3v) is 10.1. The Morgan fingerprint density at radius 3 is 1.94 bits per heavy atom. The Morgan fingerprint density at radius 1 is 0.540 bits per heavy atom. The molecular weight excluding hydrogens is 613 g/mol. The average molecular weight is 645 g/mol. The highest BCUT2D eigenvalue weighted by Crippen LogP contribution is 2.40. The van der Waals surface area contributed by atoms with Crippen molar-refractivity contribution >= 4 is 39.6 Å². The standard InChI is InChI=1S/C45H32N4O/c1-4-12-29(13-5-1)32-21-25-40-38(26-32)35-18-10-11-19-39(35)49(40)34-22-24-37-36-23-20-33(27-41(36)50-42(37)28-34)45-47-43(30-14-6-2-7-15-30)46-44(48-45)31-16-8-3-9-17-31/h1-9,11-17,19,21-22,24-28H,10,18,20,23H2. The lowest BCUT2D eigenvalue weighted by molar-refractivity contribution is 0.596. The molecule has 5 aromatic carbocycles. The molecule has 0 atom stereocenters. The molecule has 8 aromatic rings. The van der Waals surface area contributed by atoms with E-state index in [-0.39, 0.29) is 0 Å². The van der Waals surface area contributed by atoms with E-state index in [0.29, 0.717) is 17.5 Å². The topological polar surface area (TPSA) is 56.7 Å². The van der Waals surface area contributed by atoms with Crippen molar-refractivity contribution < 1.29 is 4.42 Å². The molecule has 0 aliphatic heterocycles. The van der Waals surface area contributed by atoms with Gasteiger partial charge >= 0.3 is 0 Å². The summed E-state index contributed by atoms with van der Waals surface area (Å²) in [6, 6.07) is 44.5. The lowest BCUT2D eigenvalue weighted by atomic mass is 9.95. The van der Waals surface area contributed by atoms with E-state index in [0.717, 1.165) is 64.8 Å². The lowest BCUT2D eigenvalue weighted by Gasteiger charge is -2.14. The van der Waals surface area contributed by atoms with Crippen molar-refractivity contribution in [2.24, 2.45) is 0 Å². The maximum absolute atomic E-state index is 6.66. The highest BCUT2D eigenvalue weighted by molar-refractivity contribution is 5.96. The van der Waals surface area contributed by atoms with Gasteiger partial charge in [0, 0.05) is 50.5 Å². The molecule has 2 aliphatic carbocycles. The van der Waals surface area contributed by atoms with E-state index < -0.39 is 0 Å². The van der Waals surface area contributed by atoms with Gasteiger partial charge in [0.25, 0.3) is 0 Å². The maximum Gasteiger partial charge on any atom is 0.164 e. The van der Waals surface area contributed by atoms with Crippen LogP contribution in [0.15, 0.2) is 138 Å². The Balaban J connectivity index is 1.07. The van der Waals surface area contributed by atoms with E-state index in [2.05, 4.69) is 89.5 Å². The summed E-state index contributed by atoms with van der Waals surface area (Å²) in [4.78, 5) is 14.8. The quantitative estimate of drug-likeness (QED) is 0.187.